The molecule has 1 rings (SSSR count). The molecule has 0 saturated heterocycles. The second-order valence-electron chi connectivity index (χ2n) is 5.44. The molecule has 0 saturated carbocycles. The molecule has 1 aromatic rings. The Kier molecular flexibility index (Phi) is 12.8. The molecule has 0 amide bonds. The van der Waals surface area contributed by atoms with Crippen molar-refractivity contribution in [3.8, 4) is 5.75 Å². The van der Waals surface area contributed by atoms with Crippen LogP contribution in [-0.2, 0) is 6.42 Å². The first-order valence-electron chi connectivity index (χ1n) is 7.95. The lowest BCUT2D eigenvalue weighted by Gasteiger charge is -2.12. The highest BCUT2D eigenvalue weighted by atomic mass is 127. The van der Waals surface area contributed by atoms with Gasteiger partial charge in [-0.1, -0.05) is 12.1 Å². The Labute approximate surface area is 157 Å². The predicted molar refractivity (Wildman–Crippen MR) is 109 cm³/mol. The largest absolute Gasteiger partial charge is 0.497 e. The smallest absolute Gasteiger partial charge is 0.191 e. The van der Waals surface area contributed by atoms with E-state index in [-0.39, 0.29) is 24.0 Å². The summed E-state index contributed by atoms with van der Waals surface area (Å²) in [5.74, 6) is 1.79. The number of guanidine groups is 1. The zero-order chi connectivity index (χ0) is 16.2. The number of hydrogen-bond acceptors (Lipinski definition) is 3. The van der Waals surface area contributed by atoms with Crippen LogP contribution in [0.15, 0.2) is 29.3 Å². The average molecular weight is 434 g/mol. The number of methoxy groups -OCH3 is 1. The van der Waals surface area contributed by atoms with Crippen LogP contribution in [-0.4, -0.2) is 58.2 Å². The summed E-state index contributed by atoms with van der Waals surface area (Å²) in [6.07, 6.45) is 2.04. The third kappa shape index (κ3) is 10.4. The van der Waals surface area contributed by atoms with E-state index in [1.165, 1.54) is 5.56 Å². The number of halogens is 1. The molecule has 0 spiro atoms. The summed E-state index contributed by atoms with van der Waals surface area (Å²) in [5.41, 5.74) is 1.29. The number of nitrogens with one attached hydrogen (secondary N) is 2. The Bertz CT molecular complexity index is 435. The van der Waals surface area contributed by atoms with Gasteiger partial charge in [-0.25, -0.2) is 0 Å². The van der Waals surface area contributed by atoms with Crippen LogP contribution in [0.2, 0.25) is 0 Å². The second kappa shape index (κ2) is 13.4. The van der Waals surface area contributed by atoms with Gasteiger partial charge in [0.05, 0.1) is 7.11 Å². The van der Waals surface area contributed by atoms with Crippen molar-refractivity contribution in [3.05, 3.63) is 29.8 Å². The van der Waals surface area contributed by atoms with Crippen LogP contribution in [0.3, 0.4) is 0 Å². The van der Waals surface area contributed by atoms with Gasteiger partial charge in [-0.15, -0.1) is 24.0 Å². The zero-order valence-corrected chi connectivity index (χ0v) is 17.1. The minimum absolute atomic E-state index is 0. The normalized spacial score (nSPS) is 11.1. The number of benzene rings is 1. The van der Waals surface area contributed by atoms with Crippen LogP contribution < -0.4 is 15.4 Å². The van der Waals surface area contributed by atoms with Crippen LogP contribution in [0.4, 0.5) is 0 Å². The van der Waals surface area contributed by atoms with Gasteiger partial charge in [0.2, 0.25) is 0 Å². The van der Waals surface area contributed by atoms with E-state index in [1.807, 2.05) is 12.1 Å². The van der Waals surface area contributed by atoms with Gasteiger partial charge in [-0.2, -0.15) is 0 Å². The molecule has 0 fully saturated rings. The fourth-order valence-corrected chi connectivity index (χ4v) is 2.04. The van der Waals surface area contributed by atoms with Crippen molar-refractivity contribution in [1.82, 2.24) is 15.5 Å². The first-order valence-corrected chi connectivity index (χ1v) is 7.95. The van der Waals surface area contributed by atoms with Gasteiger partial charge in [-0.3, -0.25) is 4.99 Å². The molecule has 0 aliphatic carbocycles. The average Bonchev–Trinajstić information content (AvgIpc) is 2.52. The van der Waals surface area contributed by atoms with Crippen LogP contribution in [0.25, 0.3) is 0 Å². The number of aliphatic imine (C=N–C) groups is 1. The summed E-state index contributed by atoms with van der Waals surface area (Å²) in [4.78, 5) is 6.77. The SMILES string of the molecule is CCNC(=NCCCN(C)C)NCCc1ccc(OC)cc1.I. The minimum Gasteiger partial charge on any atom is -0.497 e. The Morgan fingerprint density at radius 1 is 1.17 bits per heavy atom. The van der Waals surface area contributed by atoms with Crippen LogP contribution in [0, 0.1) is 0 Å². The summed E-state index contributed by atoms with van der Waals surface area (Å²) >= 11 is 0. The van der Waals surface area contributed by atoms with Gasteiger partial charge < -0.3 is 20.3 Å². The van der Waals surface area contributed by atoms with E-state index in [4.69, 9.17) is 4.74 Å². The molecular formula is C17H31IN4O. The number of rotatable bonds is 9. The first kappa shape index (κ1) is 22.0. The van der Waals surface area contributed by atoms with Crippen molar-refractivity contribution in [2.75, 3.05) is 47.4 Å². The third-order valence-electron chi connectivity index (χ3n) is 3.24. The summed E-state index contributed by atoms with van der Waals surface area (Å²) in [6, 6.07) is 8.19. The van der Waals surface area contributed by atoms with Gasteiger partial charge in [0.1, 0.15) is 5.75 Å². The van der Waals surface area contributed by atoms with E-state index < -0.39 is 0 Å². The summed E-state index contributed by atoms with van der Waals surface area (Å²) in [5, 5.41) is 6.66. The van der Waals surface area contributed by atoms with Gasteiger partial charge >= 0.3 is 0 Å². The minimum atomic E-state index is 0. The van der Waals surface area contributed by atoms with Crippen molar-refractivity contribution in [1.29, 1.82) is 0 Å². The van der Waals surface area contributed by atoms with Crippen molar-refractivity contribution in [3.63, 3.8) is 0 Å². The standard InChI is InChI=1S/C17H30N4O.HI/c1-5-18-17(19-12-6-14-21(2)3)20-13-11-15-7-9-16(22-4)10-8-15;/h7-10H,5-6,11-14H2,1-4H3,(H2,18,19,20);1H. The van der Waals surface area contributed by atoms with Gasteiger partial charge in [0.25, 0.3) is 0 Å². The molecule has 2 N–H and O–H groups in total. The Hall–Kier alpha value is -1.02. The van der Waals surface area contributed by atoms with Gasteiger partial charge in [0.15, 0.2) is 5.96 Å². The highest BCUT2D eigenvalue weighted by Crippen LogP contribution is 2.11. The van der Waals surface area contributed by atoms with E-state index >= 15 is 0 Å². The van der Waals surface area contributed by atoms with Crippen molar-refractivity contribution in [2.24, 2.45) is 4.99 Å². The Morgan fingerprint density at radius 3 is 2.43 bits per heavy atom. The zero-order valence-electron chi connectivity index (χ0n) is 14.8. The maximum Gasteiger partial charge on any atom is 0.191 e. The molecule has 0 radical (unpaired) electrons. The molecule has 1 aromatic carbocycles. The lowest BCUT2D eigenvalue weighted by molar-refractivity contribution is 0.403. The molecule has 0 atom stereocenters. The predicted octanol–water partition coefficient (Wildman–Crippen LogP) is 2.36. The highest BCUT2D eigenvalue weighted by Gasteiger charge is 1.99. The number of ether oxygens (including phenoxy) is 1. The molecule has 0 bridgehead atoms. The molecule has 0 aromatic heterocycles. The fraction of sp³-hybridized carbons (Fsp3) is 0.588. The first-order chi connectivity index (χ1) is 10.7. The van der Waals surface area contributed by atoms with Crippen LogP contribution >= 0.6 is 24.0 Å². The lowest BCUT2D eigenvalue weighted by Crippen LogP contribution is -2.38. The molecule has 0 aliphatic heterocycles. The quantitative estimate of drug-likeness (QED) is 0.271. The molecule has 0 heterocycles. The molecule has 132 valence electrons. The molecule has 5 nitrogen and oxygen atoms in total. The summed E-state index contributed by atoms with van der Waals surface area (Å²) in [6.45, 7) is 5.74. The summed E-state index contributed by atoms with van der Waals surface area (Å²) < 4.78 is 5.17. The number of nitrogens with zero attached hydrogens (tertiary/aromatic N) is 2. The third-order valence-corrected chi connectivity index (χ3v) is 3.24. The Balaban J connectivity index is 0.00000484. The van der Waals surface area contributed by atoms with Crippen LogP contribution in [0.5, 0.6) is 5.75 Å². The second-order valence-corrected chi connectivity index (χ2v) is 5.44. The molecule has 23 heavy (non-hydrogen) atoms. The highest BCUT2D eigenvalue weighted by molar-refractivity contribution is 14.0. The van der Waals surface area contributed by atoms with Crippen molar-refractivity contribution >= 4 is 29.9 Å². The summed E-state index contributed by atoms with van der Waals surface area (Å²) in [7, 11) is 5.86. The molecule has 0 aliphatic rings. The van der Waals surface area contributed by atoms with Crippen molar-refractivity contribution < 1.29 is 4.74 Å². The molecule has 6 heteroatoms. The topological polar surface area (TPSA) is 48.9 Å². The molecular weight excluding hydrogens is 403 g/mol. The van der Waals surface area contributed by atoms with Crippen LogP contribution in [0.1, 0.15) is 18.9 Å². The van der Waals surface area contributed by atoms with E-state index in [0.717, 1.165) is 50.7 Å². The maximum atomic E-state index is 5.17. The fourth-order valence-electron chi connectivity index (χ4n) is 2.04. The molecule has 0 unspecified atom stereocenters. The van der Waals surface area contributed by atoms with Crippen molar-refractivity contribution in [2.45, 2.75) is 19.8 Å². The van der Waals surface area contributed by atoms with Gasteiger partial charge in [0, 0.05) is 19.6 Å². The van der Waals surface area contributed by atoms with E-state index in [0.29, 0.717) is 0 Å². The lowest BCUT2D eigenvalue weighted by atomic mass is 10.1. The maximum absolute atomic E-state index is 5.17. The monoisotopic (exact) mass is 434 g/mol. The van der Waals surface area contributed by atoms with E-state index in [2.05, 4.69) is 53.7 Å². The Morgan fingerprint density at radius 2 is 1.87 bits per heavy atom. The van der Waals surface area contributed by atoms with E-state index in [9.17, 15) is 0 Å². The van der Waals surface area contributed by atoms with Gasteiger partial charge in [-0.05, 0) is 58.1 Å². The number of hydrogen-bond donors (Lipinski definition) is 2. The van der Waals surface area contributed by atoms with E-state index in [1.54, 1.807) is 7.11 Å².